The van der Waals surface area contributed by atoms with Gasteiger partial charge in [-0.05, 0) is 32.0 Å². The van der Waals surface area contributed by atoms with E-state index in [4.69, 9.17) is 5.11 Å². The third kappa shape index (κ3) is 3.19. The second-order valence-electron chi connectivity index (χ2n) is 4.62. The molecule has 20 heavy (non-hydrogen) atoms. The van der Waals surface area contributed by atoms with Gasteiger partial charge in [0.2, 0.25) is 0 Å². The van der Waals surface area contributed by atoms with E-state index in [1.165, 1.54) is 23.9 Å². The van der Waals surface area contributed by atoms with Crippen LogP contribution in [0.4, 0.5) is 4.39 Å². The van der Waals surface area contributed by atoms with Crippen LogP contribution in [0.3, 0.4) is 0 Å². The lowest BCUT2D eigenvalue weighted by Crippen LogP contribution is -2.03. The molecule has 106 valence electrons. The lowest BCUT2D eigenvalue weighted by Gasteiger charge is -2.11. The zero-order valence-electron chi connectivity index (χ0n) is 11.2. The molecule has 0 amide bonds. The fourth-order valence-corrected chi connectivity index (χ4v) is 2.73. The summed E-state index contributed by atoms with van der Waals surface area (Å²) in [5.74, 6) is -1.31. The number of halogens is 1. The summed E-state index contributed by atoms with van der Waals surface area (Å²) in [6, 6.07) is 4.45. The third-order valence-corrected chi connectivity index (χ3v) is 3.88. The van der Waals surface area contributed by atoms with Gasteiger partial charge in [0.05, 0.1) is 11.9 Å². The second-order valence-corrected chi connectivity index (χ2v) is 5.67. The van der Waals surface area contributed by atoms with E-state index in [9.17, 15) is 9.18 Å². The smallest absolute Gasteiger partial charge is 0.338 e. The molecule has 1 aromatic carbocycles. The topological polar surface area (TPSA) is 55.1 Å². The molecule has 6 heteroatoms. The largest absolute Gasteiger partial charge is 0.478 e. The predicted octanol–water partition coefficient (Wildman–Crippen LogP) is 3.59. The van der Waals surface area contributed by atoms with E-state index >= 15 is 0 Å². The zero-order valence-corrected chi connectivity index (χ0v) is 12.0. The Morgan fingerprint density at radius 1 is 1.50 bits per heavy atom. The molecule has 0 spiro atoms. The highest BCUT2D eigenvalue weighted by atomic mass is 32.2. The highest BCUT2D eigenvalue weighted by molar-refractivity contribution is 7.98. The number of aromatic carboxylic acids is 1. The molecule has 4 nitrogen and oxygen atoms in total. The van der Waals surface area contributed by atoms with Gasteiger partial charge in [-0.25, -0.2) is 14.2 Å². The standard InChI is InChI=1S/C14H15FN2O2S/c1-9(2)17-8-16-6-10(17)7-20-11-3-4-13(15)12(5-11)14(18)19/h3-6,8-9H,7H2,1-2H3,(H,18,19). The van der Waals surface area contributed by atoms with E-state index < -0.39 is 11.8 Å². The van der Waals surface area contributed by atoms with Crippen molar-refractivity contribution in [3.8, 4) is 0 Å². The molecule has 0 aliphatic carbocycles. The molecule has 0 saturated heterocycles. The second kappa shape index (κ2) is 6.09. The van der Waals surface area contributed by atoms with Crippen molar-refractivity contribution >= 4 is 17.7 Å². The van der Waals surface area contributed by atoms with Crippen LogP contribution in [-0.4, -0.2) is 20.6 Å². The van der Waals surface area contributed by atoms with Gasteiger partial charge in [0, 0.05) is 28.6 Å². The van der Waals surface area contributed by atoms with E-state index in [-0.39, 0.29) is 5.56 Å². The van der Waals surface area contributed by atoms with Crippen molar-refractivity contribution in [2.75, 3.05) is 0 Å². The molecule has 0 saturated carbocycles. The number of aromatic nitrogens is 2. The molecule has 0 aliphatic rings. The SMILES string of the molecule is CC(C)n1cncc1CSc1ccc(F)c(C(=O)O)c1. The van der Waals surface area contributed by atoms with Crippen molar-refractivity contribution in [1.82, 2.24) is 9.55 Å². The quantitative estimate of drug-likeness (QED) is 0.856. The van der Waals surface area contributed by atoms with Crippen molar-refractivity contribution in [2.45, 2.75) is 30.5 Å². The van der Waals surface area contributed by atoms with Crippen molar-refractivity contribution in [3.05, 3.63) is 47.8 Å². The maximum atomic E-state index is 13.3. The summed E-state index contributed by atoms with van der Waals surface area (Å²) in [5, 5.41) is 8.90. The number of carboxylic acid groups (broad SMARTS) is 1. The van der Waals surface area contributed by atoms with E-state index in [0.29, 0.717) is 11.8 Å². The maximum Gasteiger partial charge on any atom is 0.338 e. The highest BCUT2D eigenvalue weighted by Crippen LogP contribution is 2.25. The van der Waals surface area contributed by atoms with Crippen molar-refractivity contribution in [2.24, 2.45) is 0 Å². The fraction of sp³-hybridized carbons (Fsp3) is 0.286. The average molecular weight is 294 g/mol. The van der Waals surface area contributed by atoms with Gasteiger partial charge in [-0.1, -0.05) is 0 Å². The molecule has 0 unspecified atom stereocenters. The van der Waals surface area contributed by atoms with Crippen LogP contribution in [0.5, 0.6) is 0 Å². The van der Waals surface area contributed by atoms with E-state index in [1.807, 2.05) is 0 Å². The van der Waals surface area contributed by atoms with Crippen LogP contribution in [0.1, 0.15) is 35.9 Å². The van der Waals surface area contributed by atoms with Crippen LogP contribution in [0.25, 0.3) is 0 Å². The summed E-state index contributed by atoms with van der Waals surface area (Å²) < 4.78 is 15.3. The van der Waals surface area contributed by atoms with E-state index in [1.54, 1.807) is 18.6 Å². The lowest BCUT2D eigenvalue weighted by molar-refractivity contribution is 0.0691. The maximum absolute atomic E-state index is 13.3. The zero-order chi connectivity index (χ0) is 14.7. The molecule has 1 aromatic heterocycles. The summed E-state index contributed by atoms with van der Waals surface area (Å²) >= 11 is 1.46. The molecule has 0 radical (unpaired) electrons. The van der Waals surface area contributed by atoms with E-state index in [0.717, 1.165) is 10.6 Å². The van der Waals surface area contributed by atoms with Gasteiger partial charge in [0.25, 0.3) is 0 Å². The lowest BCUT2D eigenvalue weighted by atomic mass is 10.2. The minimum Gasteiger partial charge on any atom is -0.478 e. The first-order chi connectivity index (χ1) is 9.49. The molecule has 2 aromatic rings. The van der Waals surface area contributed by atoms with Gasteiger partial charge < -0.3 is 9.67 Å². The van der Waals surface area contributed by atoms with Crippen LogP contribution >= 0.6 is 11.8 Å². The first kappa shape index (κ1) is 14.6. The number of imidazole rings is 1. The molecule has 0 atom stereocenters. The molecule has 1 N–H and O–H groups in total. The third-order valence-electron chi connectivity index (χ3n) is 2.86. The molecule has 0 fully saturated rings. The van der Waals surface area contributed by atoms with Gasteiger partial charge in [-0.3, -0.25) is 0 Å². The average Bonchev–Trinajstić information content (AvgIpc) is 2.86. The fourth-order valence-electron chi connectivity index (χ4n) is 1.82. The number of nitrogens with zero attached hydrogens (tertiary/aromatic N) is 2. The normalized spacial score (nSPS) is 11.0. The number of carboxylic acids is 1. The van der Waals surface area contributed by atoms with Crippen LogP contribution in [0, 0.1) is 5.82 Å². The molecule has 0 aliphatic heterocycles. The molecular weight excluding hydrogens is 279 g/mol. The number of carbonyl (C=O) groups is 1. The van der Waals surface area contributed by atoms with E-state index in [2.05, 4.69) is 23.4 Å². The minimum atomic E-state index is -1.25. The Hall–Kier alpha value is -1.82. The number of hydrogen-bond acceptors (Lipinski definition) is 3. The van der Waals surface area contributed by atoms with Gasteiger partial charge in [-0.15, -0.1) is 11.8 Å². The van der Waals surface area contributed by atoms with Crippen molar-refractivity contribution < 1.29 is 14.3 Å². The summed E-state index contributed by atoms with van der Waals surface area (Å²) in [6.45, 7) is 4.13. The van der Waals surface area contributed by atoms with Crippen LogP contribution < -0.4 is 0 Å². The first-order valence-corrected chi connectivity index (χ1v) is 7.14. The summed E-state index contributed by atoms with van der Waals surface area (Å²) in [7, 11) is 0. The van der Waals surface area contributed by atoms with Gasteiger partial charge >= 0.3 is 5.97 Å². The summed E-state index contributed by atoms with van der Waals surface area (Å²) in [4.78, 5) is 15.7. The Morgan fingerprint density at radius 2 is 2.25 bits per heavy atom. The number of benzene rings is 1. The van der Waals surface area contributed by atoms with Gasteiger partial charge in [-0.2, -0.15) is 0 Å². The van der Waals surface area contributed by atoms with Gasteiger partial charge in [0.15, 0.2) is 0 Å². The number of rotatable bonds is 5. The van der Waals surface area contributed by atoms with Crippen LogP contribution in [-0.2, 0) is 5.75 Å². The predicted molar refractivity (Wildman–Crippen MR) is 75.5 cm³/mol. The van der Waals surface area contributed by atoms with Crippen molar-refractivity contribution in [3.63, 3.8) is 0 Å². The number of thioether (sulfide) groups is 1. The molecule has 1 heterocycles. The summed E-state index contributed by atoms with van der Waals surface area (Å²) in [5.41, 5.74) is 0.749. The highest BCUT2D eigenvalue weighted by Gasteiger charge is 2.12. The van der Waals surface area contributed by atoms with Crippen molar-refractivity contribution in [1.29, 1.82) is 0 Å². The molecular formula is C14H15FN2O2S. The Labute approximate surface area is 120 Å². The Bertz CT molecular complexity index is 625. The molecule has 2 rings (SSSR count). The Balaban J connectivity index is 2.13. The van der Waals surface area contributed by atoms with Crippen LogP contribution in [0.2, 0.25) is 0 Å². The molecule has 0 bridgehead atoms. The first-order valence-electron chi connectivity index (χ1n) is 6.15. The minimum absolute atomic E-state index is 0.299. The number of hydrogen-bond donors (Lipinski definition) is 1. The monoisotopic (exact) mass is 294 g/mol. The Morgan fingerprint density at radius 3 is 2.90 bits per heavy atom. The van der Waals surface area contributed by atoms with Crippen LogP contribution in [0.15, 0.2) is 35.6 Å². The Kier molecular flexibility index (Phi) is 4.44. The van der Waals surface area contributed by atoms with Gasteiger partial charge in [0.1, 0.15) is 5.82 Å². The summed E-state index contributed by atoms with van der Waals surface area (Å²) in [6.07, 6.45) is 3.56.